The maximum absolute atomic E-state index is 12.7. The van der Waals surface area contributed by atoms with Gasteiger partial charge in [-0.05, 0) is 24.1 Å². The van der Waals surface area contributed by atoms with Crippen LogP contribution in [0.2, 0.25) is 0 Å². The molecule has 0 radical (unpaired) electrons. The molecule has 3 heteroatoms. The number of carbonyl (C=O) groups is 1. The van der Waals surface area contributed by atoms with Gasteiger partial charge in [0.1, 0.15) is 0 Å². The second-order valence-corrected chi connectivity index (χ2v) is 2.88. The van der Waals surface area contributed by atoms with Crippen LogP contribution in [0.1, 0.15) is 22.3 Å². The number of aryl methyl sites for hydroxylation is 1. The van der Waals surface area contributed by atoms with E-state index in [0.717, 1.165) is 11.6 Å². The molecule has 0 bridgehead atoms. The summed E-state index contributed by atoms with van der Waals surface area (Å²) < 4.78 is 12.7. The summed E-state index contributed by atoms with van der Waals surface area (Å²) in [6, 6.07) is 2.44. The third kappa shape index (κ3) is 0.897. The lowest BCUT2D eigenvalue weighted by Gasteiger charge is -1.99. The van der Waals surface area contributed by atoms with E-state index in [9.17, 15) is 9.18 Å². The molecule has 0 aliphatic heterocycles. The lowest BCUT2D eigenvalue weighted by Crippen LogP contribution is -1.92. The van der Waals surface area contributed by atoms with Crippen LogP contribution in [0.15, 0.2) is 12.1 Å². The fraction of sp³-hybridized carbons (Fsp3) is 0.222. The van der Waals surface area contributed by atoms with Crippen molar-refractivity contribution in [2.24, 2.45) is 0 Å². The highest BCUT2D eigenvalue weighted by Gasteiger charge is 2.21. The summed E-state index contributed by atoms with van der Waals surface area (Å²) >= 11 is 0. The Morgan fingerprint density at radius 3 is 2.83 bits per heavy atom. The Bertz CT molecular complexity index is 358. The number of rotatable bonds is 0. The van der Waals surface area contributed by atoms with Gasteiger partial charge in [-0.3, -0.25) is 4.79 Å². The number of Topliss-reactive ketones (excluding diaryl/α,β-unsaturated/α-hetero) is 1. The first-order chi connectivity index (χ1) is 5.68. The fourth-order valence-corrected chi connectivity index (χ4v) is 1.45. The quantitative estimate of drug-likeness (QED) is 0.636. The summed E-state index contributed by atoms with van der Waals surface area (Å²) in [4.78, 5) is 11.1. The number of phenols is 1. The first kappa shape index (κ1) is 7.28. The molecule has 0 fully saturated rings. The van der Waals surface area contributed by atoms with Crippen molar-refractivity contribution in [3.05, 3.63) is 29.1 Å². The molecule has 2 rings (SSSR count). The van der Waals surface area contributed by atoms with Crippen molar-refractivity contribution >= 4 is 5.78 Å². The van der Waals surface area contributed by atoms with Crippen molar-refractivity contribution in [2.45, 2.75) is 12.8 Å². The van der Waals surface area contributed by atoms with E-state index < -0.39 is 5.82 Å². The zero-order chi connectivity index (χ0) is 8.72. The van der Waals surface area contributed by atoms with Crippen LogP contribution < -0.4 is 0 Å². The summed E-state index contributed by atoms with van der Waals surface area (Å²) in [5, 5.41) is 8.98. The van der Waals surface area contributed by atoms with Crippen LogP contribution in [0.25, 0.3) is 0 Å². The first-order valence-corrected chi connectivity index (χ1v) is 3.73. The molecule has 0 heterocycles. The van der Waals surface area contributed by atoms with Gasteiger partial charge in [0.2, 0.25) is 0 Å². The molecular formula is C9H7FO2. The van der Waals surface area contributed by atoms with E-state index in [-0.39, 0.29) is 11.5 Å². The van der Waals surface area contributed by atoms with Gasteiger partial charge >= 0.3 is 0 Å². The molecule has 0 saturated heterocycles. The number of fused-ring (bicyclic) bond motifs is 1. The van der Waals surface area contributed by atoms with Crippen LogP contribution in [0.3, 0.4) is 0 Å². The Labute approximate surface area is 68.6 Å². The summed E-state index contributed by atoms with van der Waals surface area (Å²) in [5.41, 5.74) is 1.17. The molecule has 1 aliphatic carbocycles. The minimum absolute atomic E-state index is 0.0381. The van der Waals surface area contributed by atoms with E-state index in [1.54, 1.807) is 0 Å². The van der Waals surface area contributed by atoms with Gasteiger partial charge in [-0.2, -0.15) is 0 Å². The second kappa shape index (κ2) is 2.30. The lowest BCUT2D eigenvalue weighted by molar-refractivity contribution is 0.0994. The van der Waals surface area contributed by atoms with Crippen molar-refractivity contribution in [3.8, 4) is 5.75 Å². The van der Waals surface area contributed by atoms with E-state index in [1.165, 1.54) is 6.07 Å². The monoisotopic (exact) mass is 166 g/mol. The minimum atomic E-state index is -0.719. The maximum Gasteiger partial charge on any atom is 0.165 e. The molecule has 1 aromatic rings. The third-order valence-corrected chi connectivity index (χ3v) is 2.09. The number of hydrogen-bond acceptors (Lipinski definition) is 2. The van der Waals surface area contributed by atoms with E-state index in [0.29, 0.717) is 18.4 Å². The molecule has 0 aromatic heterocycles. The number of aromatic hydroxyl groups is 1. The van der Waals surface area contributed by atoms with Crippen LogP contribution >= 0.6 is 0 Å². The molecule has 1 aromatic carbocycles. The Morgan fingerprint density at radius 2 is 2.08 bits per heavy atom. The molecule has 1 N–H and O–H groups in total. The van der Waals surface area contributed by atoms with Crippen molar-refractivity contribution in [3.63, 3.8) is 0 Å². The van der Waals surface area contributed by atoms with Gasteiger partial charge in [0.25, 0.3) is 0 Å². The van der Waals surface area contributed by atoms with Gasteiger partial charge in [-0.25, -0.2) is 4.39 Å². The van der Waals surface area contributed by atoms with Gasteiger partial charge in [0.15, 0.2) is 17.3 Å². The second-order valence-electron chi connectivity index (χ2n) is 2.88. The number of carbonyl (C=O) groups excluding carboxylic acids is 1. The van der Waals surface area contributed by atoms with Gasteiger partial charge in [0, 0.05) is 12.0 Å². The Hall–Kier alpha value is -1.38. The van der Waals surface area contributed by atoms with E-state index >= 15 is 0 Å². The average molecular weight is 166 g/mol. The molecule has 2 nitrogen and oxygen atoms in total. The molecule has 0 amide bonds. The molecule has 0 saturated carbocycles. The van der Waals surface area contributed by atoms with Gasteiger partial charge in [-0.1, -0.05) is 0 Å². The number of ketones is 1. The number of benzene rings is 1. The highest BCUT2D eigenvalue weighted by molar-refractivity contribution is 6.00. The Kier molecular flexibility index (Phi) is 1.40. The van der Waals surface area contributed by atoms with Crippen molar-refractivity contribution in [2.75, 3.05) is 0 Å². The fourth-order valence-electron chi connectivity index (χ4n) is 1.45. The van der Waals surface area contributed by atoms with E-state index in [1.807, 2.05) is 0 Å². The standard InChI is InChI=1S/C9H7FO2/c10-7-4-6-5(3-9(7)12)1-2-8(6)11/h3-4,12H,1-2H2. The first-order valence-electron chi connectivity index (χ1n) is 3.73. The lowest BCUT2D eigenvalue weighted by atomic mass is 10.1. The number of phenolic OH excluding ortho intramolecular Hbond substituents is 1. The summed E-state index contributed by atoms with van der Waals surface area (Å²) in [6.07, 6.45) is 1.04. The van der Waals surface area contributed by atoms with Crippen LogP contribution in [0.5, 0.6) is 5.75 Å². The predicted octanol–water partition coefficient (Wildman–Crippen LogP) is 1.66. The molecular weight excluding hydrogens is 159 g/mol. The van der Waals surface area contributed by atoms with Crippen LogP contribution in [-0.2, 0) is 6.42 Å². The Morgan fingerprint density at radius 1 is 1.33 bits per heavy atom. The largest absolute Gasteiger partial charge is 0.505 e. The normalized spacial score (nSPS) is 14.9. The molecule has 0 atom stereocenters. The molecule has 0 spiro atoms. The van der Waals surface area contributed by atoms with E-state index in [2.05, 4.69) is 0 Å². The highest BCUT2D eigenvalue weighted by Crippen LogP contribution is 2.27. The van der Waals surface area contributed by atoms with Gasteiger partial charge < -0.3 is 5.11 Å². The zero-order valence-electron chi connectivity index (χ0n) is 6.30. The topological polar surface area (TPSA) is 37.3 Å². The SMILES string of the molecule is O=C1CCc2cc(O)c(F)cc21. The van der Waals surface area contributed by atoms with Crippen LogP contribution in [-0.4, -0.2) is 10.9 Å². The minimum Gasteiger partial charge on any atom is -0.505 e. The molecule has 12 heavy (non-hydrogen) atoms. The summed E-state index contributed by atoms with van der Waals surface area (Å²) in [7, 11) is 0. The summed E-state index contributed by atoms with van der Waals surface area (Å²) in [5.74, 6) is -1.13. The number of halogens is 1. The molecule has 62 valence electrons. The van der Waals surface area contributed by atoms with E-state index in [4.69, 9.17) is 5.11 Å². The van der Waals surface area contributed by atoms with Crippen LogP contribution in [0.4, 0.5) is 4.39 Å². The zero-order valence-corrected chi connectivity index (χ0v) is 6.30. The van der Waals surface area contributed by atoms with Gasteiger partial charge in [-0.15, -0.1) is 0 Å². The van der Waals surface area contributed by atoms with Crippen LogP contribution in [0, 0.1) is 5.82 Å². The predicted molar refractivity (Wildman–Crippen MR) is 40.7 cm³/mol. The highest BCUT2D eigenvalue weighted by atomic mass is 19.1. The van der Waals surface area contributed by atoms with Crippen molar-refractivity contribution < 1.29 is 14.3 Å². The number of hydrogen-bond donors (Lipinski definition) is 1. The molecule has 0 unspecified atom stereocenters. The van der Waals surface area contributed by atoms with Crippen molar-refractivity contribution in [1.29, 1.82) is 0 Å². The smallest absolute Gasteiger partial charge is 0.165 e. The third-order valence-electron chi connectivity index (χ3n) is 2.09. The van der Waals surface area contributed by atoms with Gasteiger partial charge in [0.05, 0.1) is 0 Å². The maximum atomic E-state index is 12.7. The average Bonchev–Trinajstić information content (AvgIpc) is 2.35. The Balaban J connectivity index is 2.63. The summed E-state index contributed by atoms with van der Waals surface area (Å²) in [6.45, 7) is 0. The van der Waals surface area contributed by atoms with Crippen molar-refractivity contribution in [1.82, 2.24) is 0 Å². The molecule has 1 aliphatic rings.